The van der Waals surface area contributed by atoms with Gasteiger partial charge >= 0.3 is 0 Å². The van der Waals surface area contributed by atoms with Gasteiger partial charge in [0.25, 0.3) is 0 Å². The van der Waals surface area contributed by atoms with Crippen LogP contribution in [0.2, 0.25) is 0 Å². The van der Waals surface area contributed by atoms with E-state index < -0.39 is 0 Å². The highest BCUT2D eigenvalue weighted by molar-refractivity contribution is 5.55. The van der Waals surface area contributed by atoms with Crippen molar-refractivity contribution in [1.29, 1.82) is 0 Å². The molecule has 1 aromatic heterocycles. The highest BCUT2D eigenvalue weighted by atomic mass is 15.3. The molecule has 3 saturated carbocycles. The van der Waals surface area contributed by atoms with Gasteiger partial charge in [0.15, 0.2) is 0 Å². The Morgan fingerprint density at radius 1 is 0.935 bits per heavy atom. The molecule has 2 heterocycles. The van der Waals surface area contributed by atoms with Crippen molar-refractivity contribution in [2.45, 2.75) is 46.0 Å². The molecular weight excluding hydrogens is 386 g/mol. The van der Waals surface area contributed by atoms with E-state index in [-0.39, 0.29) is 0 Å². The van der Waals surface area contributed by atoms with E-state index in [2.05, 4.69) is 49.6 Å². The summed E-state index contributed by atoms with van der Waals surface area (Å²) in [5, 5.41) is 9.62. The molecule has 7 heteroatoms. The first-order valence-corrected chi connectivity index (χ1v) is 11.8. The Bertz CT molecular complexity index is 815. The van der Waals surface area contributed by atoms with Crippen LogP contribution in [0.3, 0.4) is 0 Å². The second kappa shape index (κ2) is 9.81. The zero-order chi connectivity index (χ0) is 21.7. The van der Waals surface area contributed by atoms with Crippen molar-refractivity contribution in [3.8, 4) is 0 Å². The molecule has 0 spiro atoms. The standard InChI is InChI=1S/C15H21N7.C9H16/c1-16-13-19-14(18-12-6-3-2-4-7-12)21-15(20-13)22-10-5-8-17-9-11-22;1-9(2)7-4-3-5-8(9)6-7/h2-4,6-7,17H,5,8-11H2,1H3,(H2,16,18,19,20,21);7-8H,3-6H2,1-2H3. The number of rotatable bonds is 4. The van der Waals surface area contributed by atoms with Crippen LogP contribution in [0.25, 0.3) is 0 Å². The summed E-state index contributed by atoms with van der Waals surface area (Å²) in [4.78, 5) is 15.6. The van der Waals surface area contributed by atoms with Crippen LogP contribution in [0.5, 0.6) is 0 Å². The third-order valence-corrected chi connectivity index (χ3v) is 7.28. The molecule has 2 aromatic rings. The molecule has 6 rings (SSSR count). The minimum absolute atomic E-state index is 0.553. The van der Waals surface area contributed by atoms with Crippen LogP contribution >= 0.6 is 0 Å². The SMILES string of the molecule is CC1(C)C2CCCC1C2.CNc1nc(Nc2ccccc2)nc(N2CCCNCC2)n1. The molecule has 0 amide bonds. The summed E-state index contributed by atoms with van der Waals surface area (Å²) in [6.07, 6.45) is 7.18. The monoisotopic (exact) mass is 423 g/mol. The van der Waals surface area contributed by atoms with E-state index in [4.69, 9.17) is 0 Å². The van der Waals surface area contributed by atoms with E-state index in [1.54, 1.807) is 6.42 Å². The first-order valence-electron chi connectivity index (χ1n) is 11.8. The van der Waals surface area contributed by atoms with Gasteiger partial charge < -0.3 is 20.9 Å². The van der Waals surface area contributed by atoms with Gasteiger partial charge in [0.2, 0.25) is 17.8 Å². The molecule has 1 aliphatic heterocycles. The summed E-state index contributed by atoms with van der Waals surface area (Å²) in [5.41, 5.74) is 1.69. The molecule has 168 valence electrons. The van der Waals surface area contributed by atoms with E-state index in [1.165, 1.54) is 19.3 Å². The van der Waals surface area contributed by atoms with Gasteiger partial charge in [-0.2, -0.15) is 15.0 Å². The van der Waals surface area contributed by atoms with Crippen LogP contribution in [-0.4, -0.2) is 48.2 Å². The Hall–Kier alpha value is -2.41. The smallest absolute Gasteiger partial charge is 0.233 e. The topological polar surface area (TPSA) is 78.0 Å². The van der Waals surface area contributed by atoms with Crippen LogP contribution in [0.4, 0.5) is 23.5 Å². The number of nitrogens with one attached hydrogen (secondary N) is 3. The van der Waals surface area contributed by atoms with Crippen LogP contribution in [0.1, 0.15) is 46.0 Å². The fourth-order valence-corrected chi connectivity index (χ4v) is 5.08. The number of para-hydroxylation sites is 1. The number of hydrogen-bond acceptors (Lipinski definition) is 7. The van der Waals surface area contributed by atoms with Crippen molar-refractivity contribution in [2.75, 3.05) is 48.8 Å². The lowest BCUT2D eigenvalue weighted by molar-refractivity contribution is -0.0646. The summed E-state index contributed by atoms with van der Waals surface area (Å²) in [5.74, 6) is 4.02. The van der Waals surface area contributed by atoms with Gasteiger partial charge in [-0.05, 0) is 61.6 Å². The van der Waals surface area contributed by atoms with E-state index in [1.807, 2.05) is 37.4 Å². The summed E-state index contributed by atoms with van der Waals surface area (Å²) < 4.78 is 0. The lowest BCUT2D eigenvalue weighted by Gasteiger charge is -2.56. The molecule has 1 saturated heterocycles. The highest BCUT2D eigenvalue weighted by Crippen LogP contribution is 2.58. The van der Waals surface area contributed by atoms with Gasteiger partial charge in [-0.1, -0.05) is 38.5 Å². The first kappa shape index (κ1) is 21.8. The van der Waals surface area contributed by atoms with E-state index in [0.717, 1.165) is 55.5 Å². The Labute approximate surface area is 186 Å². The van der Waals surface area contributed by atoms with Crippen molar-refractivity contribution in [1.82, 2.24) is 20.3 Å². The quantitative estimate of drug-likeness (QED) is 0.677. The minimum atomic E-state index is 0.553. The Morgan fingerprint density at radius 3 is 2.32 bits per heavy atom. The molecule has 0 radical (unpaired) electrons. The lowest BCUT2D eigenvalue weighted by atomic mass is 9.49. The molecule has 2 atom stereocenters. The van der Waals surface area contributed by atoms with E-state index in [9.17, 15) is 0 Å². The fraction of sp³-hybridized carbons (Fsp3) is 0.625. The molecule has 7 nitrogen and oxygen atoms in total. The Kier molecular flexibility index (Phi) is 6.90. The second-order valence-corrected chi connectivity index (χ2v) is 9.50. The van der Waals surface area contributed by atoms with Crippen LogP contribution in [-0.2, 0) is 0 Å². The predicted molar refractivity (Wildman–Crippen MR) is 128 cm³/mol. The van der Waals surface area contributed by atoms with E-state index >= 15 is 0 Å². The summed E-state index contributed by atoms with van der Waals surface area (Å²) >= 11 is 0. The maximum absolute atomic E-state index is 4.57. The number of benzene rings is 1. The van der Waals surface area contributed by atoms with Gasteiger partial charge in [-0.25, -0.2) is 0 Å². The van der Waals surface area contributed by atoms with Gasteiger partial charge in [-0.3, -0.25) is 0 Å². The molecule has 4 fully saturated rings. The van der Waals surface area contributed by atoms with Gasteiger partial charge in [0.05, 0.1) is 0 Å². The predicted octanol–water partition coefficient (Wildman–Crippen LogP) is 4.29. The van der Waals surface area contributed by atoms with Crippen LogP contribution in [0.15, 0.2) is 30.3 Å². The fourth-order valence-electron chi connectivity index (χ4n) is 5.08. The summed E-state index contributed by atoms with van der Waals surface area (Å²) in [7, 11) is 1.81. The number of hydrogen-bond donors (Lipinski definition) is 3. The number of nitrogens with zero attached hydrogens (tertiary/aromatic N) is 4. The highest BCUT2D eigenvalue weighted by Gasteiger charge is 2.49. The van der Waals surface area contributed by atoms with Crippen molar-refractivity contribution in [3.05, 3.63) is 30.3 Å². The molecule has 1 aromatic carbocycles. The maximum atomic E-state index is 4.57. The van der Waals surface area contributed by atoms with Crippen LogP contribution < -0.4 is 20.9 Å². The molecule has 3 N–H and O–H groups in total. The number of anilines is 4. The zero-order valence-corrected chi connectivity index (χ0v) is 19.2. The molecule has 4 aliphatic rings. The Morgan fingerprint density at radius 2 is 1.68 bits per heavy atom. The van der Waals surface area contributed by atoms with Crippen molar-refractivity contribution in [2.24, 2.45) is 17.3 Å². The summed E-state index contributed by atoms with van der Waals surface area (Å²) in [6, 6.07) is 9.90. The molecule has 2 unspecified atom stereocenters. The zero-order valence-electron chi connectivity index (χ0n) is 19.2. The van der Waals surface area contributed by atoms with Crippen molar-refractivity contribution in [3.63, 3.8) is 0 Å². The molecule has 3 aliphatic carbocycles. The van der Waals surface area contributed by atoms with Crippen molar-refractivity contribution >= 4 is 23.5 Å². The van der Waals surface area contributed by atoms with Crippen LogP contribution in [0, 0.1) is 17.3 Å². The van der Waals surface area contributed by atoms with Gasteiger partial charge in [0, 0.05) is 32.4 Å². The molecular formula is C24H37N7. The van der Waals surface area contributed by atoms with Gasteiger partial charge in [-0.15, -0.1) is 0 Å². The Balaban J connectivity index is 0.000000212. The van der Waals surface area contributed by atoms with E-state index in [0.29, 0.717) is 17.8 Å². The second-order valence-electron chi connectivity index (χ2n) is 9.50. The number of aromatic nitrogens is 3. The molecule has 2 bridgehead atoms. The first-order chi connectivity index (χ1) is 15.1. The van der Waals surface area contributed by atoms with Gasteiger partial charge in [0.1, 0.15) is 0 Å². The lowest BCUT2D eigenvalue weighted by Crippen LogP contribution is -2.47. The third kappa shape index (κ3) is 5.26. The number of fused-ring (bicyclic) bond motifs is 2. The minimum Gasteiger partial charge on any atom is -0.357 e. The largest absolute Gasteiger partial charge is 0.357 e. The average molecular weight is 424 g/mol. The maximum Gasteiger partial charge on any atom is 0.233 e. The molecule has 31 heavy (non-hydrogen) atoms. The summed E-state index contributed by atoms with van der Waals surface area (Å²) in [6.45, 7) is 8.73. The normalized spacial score (nSPS) is 24.2. The average Bonchev–Trinajstić information content (AvgIpc) is 3.10. The van der Waals surface area contributed by atoms with Crippen molar-refractivity contribution < 1.29 is 0 Å². The third-order valence-electron chi connectivity index (χ3n) is 7.28.